The topological polar surface area (TPSA) is 203 Å². The number of carbonyl (C=O) groups excluding carboxylic acids is 3. The Hall–Kier alpha value is -3.22. The Morgan fingerprint density at radius 2 is 1.15 bits per heavy atom. The number of amides is 2. The van der Waals surface area contributed by atoms with Crippen LogP contribution in [0.25, 0.3) is 0 Å². The van der Waals surface area contributed by atoms with E-state index in [1.165, 1.54) is 67.0 Å². The minimum Gasteiger partial charge on any atom is -0.460 e. The van der Waals surface area contributed by atoms with Crippen molar-refractivity contribution < 1.29 is 44.7 Å². The molecule has 2 aromatic carbocycles. The van der Waals surface area contributed by atoms with Crippen molar-refractivity contribution in [2.45, 2.75) is 157 Å². The number of ether oxygens (including phenoxy) is 1. The van der Waals surface area contributed by atoms with E-state index in [1.807, 2.05) is 34.6 Å². The zero-order valence-corrected chi connectivity index (χ0v) is 49.6. The Labute approximate surface area is 467 Å². The smallest absolute Gasteiger partial charge is 0.306 e. The number of sulfonamides is 2. The molecule has 0 radical (unpaired) electrons. The number of halogens is 5. The van der Waals surface area contributed by atoms with Crippen LogP contribution in [0.5, 0.6) is 0 Å². The van der Waals surface area contributed by atoms with Crippen molar-refractivity contribution >= 4 is 106 Å². The van der Waals surface area contributed by atoms with Crippen LogP contribution in [-0.4, -0.2) is 73.8 Å². The lowest BCUT2D eigenvalue weighted by Gasteiger charge is -2.29. The SMILES string of the molecule is CCCS.C[C@@H](NC(=O)C1CCC(NS(=O)(=O)c2cnc(Cl)c(Br)c2)CC1)c1ccc(F)cc1.C[C@@H](NC(=O)C1CCC(NS(=O)(=O)c2cnc(SCCCC(=O)OC(C)(C)C)c(Br)c2)CC1)c1ccc(F)cc1. The number of pyridine rings is 2. The largest absolute Gasteiger partial charge is 0.460 e. The van der Waals surface area contributed by atoms with Gasteiger partial charge in [-0.25, -0.2) is 45.0 Å². The number of carbonyl (C=O) groups is 3. The van der Waals surface area contributed by atoms with Crippen LogP contribution in [0.3, 0.4) is 0 Å². The van der Waals surface area contributed by atoms with Crippen molar-refractivity contribution in [3.05, 3.63) is 110 Å². The van der Waals surface area contributed by atoms with Crippen molar-refractivity contribution in [2.24, 2.45) is 11.8 Å². The van der Waals surface area contributed by atoms with Crippen molar-refractivity contribution in [3.8, 4) is 0 Å². The standard InChI is InChI=1S/C28H37BrFN3O5S2.C20H22BrClFN3O3S.C3H8S/c1-18(19-7-11-21(30)12-8-19)32-26(35)20-9-13-22(14-10-20)33-40(36,37)23-16-24(29)27(31-17-23)39-15-5-6-25(34)38-28(2,3)4;1-12(13-2-6-15(23)7-3-13)25-20(27)14-4-8-16(9-5-14)26-30(28,29)17-10-18(21)19(22)24-11-17;1-2-3-4/h7-8,11-12,16-18,20,22,33H,5-6,9-10,13-15H2,1-4H3,(H,32,35);2-3,6-7,10-12,14,16,26H,4-5,8-9H2,1H3,(H,25,27);4H,2-3H2,1H3/t18-,20?,22?;12-,14?,16?;/m11./s1. The van der Waals surface area contributed by atoms with Crippen LogP contribution >= 0.6 is 67.9 Å². The van der Waals surface area contributed by atoms with Crippen molar-refractivity contribution in [1.82, 2.24) is 30.0 Å². The summed E-state index contributed by atoms with van der Waals surface area (Å²) in [4.78, 5) is 45.4. The molecule has 2 atom stereocenters. The summed E-state index contributed by atoms with van der Waals surface area (Å²) in [5.41, 5.74) is 1.14. The van der Waals surface area contributed by atoms with Gasteiger partial charge in [-0.15, -0.1) is 11.8 Å². The molecule has 408 valence electrons. The lowest BCUT2D eigenvalue weighted by Crippen LogP contribution is -2.41. The first-order valence-electron chi connectivity index (χ1n) is 24.4. The third-order valence-electron chi connectivity index (χ3n) is 11.9. The summed E-state index contributed by atoms with van der Waals surface area (Å²) >= 11 is 17.8. The van der Waals surface area contributed by atoms with Gasteiger partial charge in [0.05, 0.1) is 21.0 Å². The molecule has 2 saturated carbocycles. The second kappa shape index (κ2) is 30.1. The van der Waals surface area contributed by atoms with Gasteiger partial charge in [0.1, 0.15) is 37.2 Å². The Morgan fingerprint density at radius 3 is 1.53 bits per heavy atom. The first kappa shape index (κ1) is 63.3. The van der Waals surface area contributed by atoms with E-state index in [9.17, 15) is 40.0 Å². The summed E-state index contributed by atoms with van der Waals surface area (Å²) in [6.07, 6.45) is 9.14. The van der Waals surface area contributed by atoms with Gasteiger partial charge >= 0.3 is 5.97 Å². The highest BCUT2D eigenvalue weighted by molar-refractivity contribution is 9.10. The number of aromatic nitrogens is 2. The summed E-state index contributed by atoms with van der Waals surface area (Å²) in [7, 11) is -7.52. The molecular formula is C51H67Br2ClF2N6O8S4. The molecule has 0 unspecified atom stereocenters. The van der Waals surface area contributed by atoms with Gasteiger partial charge in [0.2, 0.25) is 31.9 Å². The molecule has 0 spiro atoms. The van der Waals surface area contributed by atoms with Crippen LogP contribution in [0.4, 0.5) is 8.78 Å². The van der Waals surface area contributed by atoms with Gasteiger partial charge in [-0.05, 0) is 184 Å². The quantitative estimate of drug-likeness (QED) is 0.0209. The maximum absolute atomic E-state index is 13.2. The average molecular weight is 1250 g/mol. The van der Waals surface area contributed by atoms with Crippen molar-refractivity contribution in [2.75, 3.05) is 11.5 Å². The number of benzene rings is 2. The zero-order chi connectivity index (χ0) is 54.8. The predicted octanol–water partition coefficient (Wildman–Crippen LogP) is 11.6. The van der Waals surface area contributed by atoms with Crippen LogP contribution < -0.4 is 20.1 Å². The van der Waals surface area contributed by atoms with Crippen LogP contribution in [0.1, 0.15) is 135 Å². The molecular weight excluding hydrogens is 1190 g/mol. The van der Waals surface area contributed by atoms with Crippen molar-refractivity contribution in [3.63, 3.8) is 0 Å². The minimum absolute atomic E-state index is 0.0340. The van der Waals surface area contributed by atoms with Crippen molar-refractivity contribution in [1.29, 1.82) is 0 Å². The van der Waals surface area contributed by atoms with Crippen LogP contribution in [0.15, 0.2) is 96.8 Å². The molecule has 4 N–H and O–H groups in total. The maximum atomic E-state index is 13.2. The van der Waals surface area contributed by atoms with Gasteiger partial charge in [0.25, 0.3) is 0 Å². The zero-order valence-electron chi connectivity index (χ0n) is 42.3. The minimum atomic E-state index is -3.79. The Bertz CT molecular complexity index is 2690. The summed E-state index contributed by atoms with van der Waals surface area (Å²) in [5.74, 6) is 0.222. The number of thioether (sulfide) groups is 1. The molecule has 2 heterocycles. The molecule has 2 aliphatic rings. The molecule has 0 aliphatic heterocycles. The van der Waals surface area contributed by atoms with Gasteiger partial charge in [-0.3, -0.25) is 14.4 Å². The number of nitrogens with one attached hydrogen (secondary N) is 4. The van der Waals surface area contributed by atoms with Gasteiger partial charge < -0.3 is 15.4 Å². The third-order valence-corrected chi connectivity index (χ3v) is 18.4. The second-order valence-electron chi connectivity index (χ2n) is 19.1. The molecule has 0 saturated heterocycles. The Morgan fingerprint density at radius 1 is 0.743 bits per heavy atom. The summed E-state index contributed by atoms with van der Waals surface area (Å²) < 4.78 is 89.2. The van der Waals surface area contributed by atoms with E-state index < -0.39 is 25.6 Å². The number of esters is 1. The normalized spacial score (nSPS) is 18.8. The number of nitrogens with zero attached hydrogens (tertiary/aromatic N) is 2. The number of rotatable bonds is 18. The van der Waals surface area contributed by atoms with Crippen LogP contribution in [0, 0.1) is 23.5 Å². The molecule has 14 nitrogen and oxygen atoms in total. The van der Waals surface area contributed by atoms with E-state index in [0.717, 1.165) is 16.9 Å². The fraction of sp³-hybridized carbons (Fsp3) is 0.510. The number of thiol groups is 1. The lowest BCUT2D eigenvalue weighted by atomic mass is 9.85. The first-order valence-corrected chi connectivity index (χ1v) is 30.9. The van der Waals surface area contributed by atoms with Crippen LogP contribution in [-0.2, 0) is 39.2 Å². The summed E-state index contributed by atoms with van der Waals surface area (Å²) in [6.45, 7) is 11.3. The highest BCUT2D eigenvalue weighted by Gasteiger charge is 2.32. The van der Waals surface area contributed by atoms with Gasteiger partial charge in [0, 0.05) is 48.5 Å². The third kappa shape index (κ3) is 21.3. The van der Waals surface area contributed by atoms with E-state index >= 15 is 0 Å². The highest BCUT2D eigenvalue weighted by Crippen LogP contribution is 2.32. The number of hydrogen-bond donors (Lipinski definition) is 5. The van der Waals surface area contributed by atoms with E-state index in [2.05, 4.69) is 81.5 Å². The molecule has 0 bridgehead atoms. The monoisotopic (exact) mass is 1250 g/mol. The second-order valence-corrected chi connectivity index (χ2v) is 26.1. The fourth-order valence-electron chi connectivity index (χ4n) is 7.84. The van der Waals surface area contributed by atoms with Gasteiger partial charge in [-0.2, -0.15) is 12.6 Å². The highest BCUT2D eigenvalue weighted by atomic mass is 79.9. The molecule has 6 rings (SSSR count). The van der Waals surface area contributed by atoms with Gasteiger partial charge in [-0.1, -0.05) is 42.8 Å². The molecule has 2 aromatic heterocycles. The van der Waals surface area contributed by atoms with Gasteiger partial charge in [0.15, 0.2) is 0 Å². The Kier molecular flexibility index (Phi) is 25.7. The molecule has 2 fully saturated rings. The fourth-order valence-corrected chi connectivity index (χ4v) is 12.6. The average Bonchev–Trinajstić information content (AvgIpc) is 3.34. The molecule has 4 aromatic rings. The van der Waals surface area contributed by atoms with E-state index in [0.29, 0.717) is 83.9 Å². The predicted molar refractivity (Wildman–Crippen MR) is 297 cm³/mol. The number of hydrogen-bond acceptors (Lipinski definition) is 12. The summed E-state index contributed by atoms with van der Waals surface area (Å²) in [5, 5.41) is 6.77. The maximum Gasteiger partial charge on any atom is 0.306 e. The van der Waals surface area contributed by atoms with E-state index in [1.54, 1.807) is 24.3 Å². The molecule has 74 heavy (non-hydrogen) atoms. The van der Waals surface area contributed by atoms with E-state index in [4.69, 9.17) is 16.3 Å². The molecule has 23 heteroatoms. The molecule has 2 aliphatic carbocycles. The first-order chi connectivity index (χ1) is 34.8. The molecule has 2 amide bonds. The van der Waals surface area contributed by atoms with E-state index in [-0.39, 0.29) is 80.4 Å². The summed E-state index contributed by atoms with van der Waals surface area (Å²) in [6, 6.07) is 14.0. The lowest BCUT2D eigenvalue weighted by molar-refractivity contribution is -0.154. The Balaban J connectivity index is 0.000000309. The van der Waals surface area contributed by atoms with Crippen LogP contribution in [0.2, 0.25) is 5.15 Å².